The third-order valence-electron chi connectivity index (χ3n) is 4.69. The van der Waals surface area contributed by atoms with Crippen molar-refractivity contribution in [3.8, 4) is 0 Å². The standard InChI is InChI=1S/C16H19BrClNO/c17-14-7-13(8-15(18)9-14)16(20)19-6-5-11-3-1-2-4-12(11)10-19/h7-9,11-12H,1-6,10H2. The summed E-state index contributed by atoms with van der Waals surface area (Å²) < 4.78 is 0.862. The number of hydrogen-bond donors (Lipinski definition) is 0. The molecule has 2 fully saturated rings. The van der Waals surface area contributed by atoms with Crippen LogP contribution in [0.2, 0.25) is 5.02 Å². The SMILES string of the molecule is O=C(c1cc(Cl)cc(Br)c1)N1CCC2CCCCC2C1. The predicted molar refractivity (Wildman–Crippen MR) is 85.1 cm³/mol. The number of nitrogens with zero attached hydrogens (tertiary/aromatic N) is 1. The lowest BCUT2D eigenvalue weighted by Gasteiger charge is -2.41. The van der Waals surface area contributed by atoms with Crippen LogP contribution < -0.4 is 0 Å². The molecule has 1 heterocycles. The minimum absolute atomic E-state index is 0.122. The molecule has 0 aromatic heterocycles. The van der Waals surface area contributed by atoms with Crippen LogP contribution in [0.5, 0.6) is 0 Å². The van der Waals surface area contributed by atoms with E-state index in [0.29, 0.717) is 16.5 Å². The average Bonchev–Trinajstić information content (AvgIpc) is 2.45. The number of carbonyl (C=O) groups excluding carboxylic acids is 1. The fourth-order valence-corrected chi connectivity index (χ4v) is 4.51. The summed E-state index contributed by atoms with van der Waals surface area (Å²) >= 11 is 9.45. The van der Waals surface area contributed by atoms with Crippen LogP contribution >= 0.6 is 27.5 Å². The van der Waals surface area contributed by atoms with Crippen molar-refractivity contribution < 1.29 is 4.79 Å². The summed E-state index contributed by atoms with van der Waals surface area (Å²) in [5, 5.41) is 0.607. The van der Waals surface area contributed by atoms with Gasteiger partial charge in [0.2, 0.25) is 0 Å². The third-order valence-corrected chi connectivity index (χ3v) is 5.36. The van der Waals surface area contributed by atoms with Crippen LogP contribution in [-0.4, -0.2) is 23.9 Å². The molecule has 2 nitrogen and oxygen atoms in total. The van der Waals surface area contributed by atoms with Crippen molar-refractivity contribution in [2.75, 3.05) is 13.1 Å². The number of rotatable bonds is 1. The Hall–Kier alpha value is -0.540. The van der Waals surface area contributed by atoms with Gasteiger partial charge >= 0.3 is 0 Å². The highest BCUT2D eigenvalue weighted by atomic mass is 79.9. The number of carbonyl (C=O) groups is 1. The van der Waals surface area contributed by atoms with Crippen molar-refractivity contribution in [1.29, 1.82) is 0 Å². The lowest BCUT2D eigenvalue weighted by Crippen LogP contribution is -2.44. The second kappa shape index (κ2) is 6.07. The maximum absolute atomic E-state index is 12.6. The number of amides is 1. The van der Waals surface area contributed by atoms with E-state index in [4.69, 9.17) is 11.6 Å². The predicted octanol–water partition coefficient (Wildman–Crippen LogP) is 4.75. The van der Waals surface area contributed by atoms with E-state index in [1.165, 1.54) is 25.7 Å². The summed E-state index contributed by atoms with van der Waals surface area (Å²) in [6, 6.07) is 5.44. The number of benzene rings is 1. The number of piperidine rings is 1. The summed E-state index contributed by atoms with van der Waals surface area (Å²) in [7, 11) is 0. The molecule has 0 N–H and O–H groups in total. The maximum atomic E-state index is 12.6. The van der Waals surface area contributed by atoms with Gasteiger partial charge in [-0.05, 0) is 42.9 Å². The Morgan fingerprint density at radius 1 is 1.15 bits per heavy atom. The minimum atomic E-state index is 0.122. The van der Waals surface area contributed by atoms with Crippen LogP contribution in [0.15, 0.2) is 22.7 Å². The first-order valence-corrected chi connectivity index (χ1v) is 8.56. The Morgan fingerprint density at radius 3 is 2.65 bits per heavy atom. The molecule has 20 heavy (non-hydrogen) atoms. The van der Waals surface area contributed by atoms with Gasteiger partial charge in [-0.2, -0.15) is 0 Å². The summed E-state index contributed by atoms with van der Waals surface area (Å²) in [6.45, 7) is 1.82. The molecule has 1 saturated heterocycles. The number of fused-ring (bicyclic) bond motifs is 1. The van der Waals surface area contributed by atoms with Crippen LogP contribution in [0.4, 0.5) is 0 Å². The largest absolute Gasteiger partial charge is 0.338 e. The van der Waals surface area contributed by atoms with E-state index in [0.717, 1.165) is 29.9 Å². The second-order valence-electron chi connectivity index (χ2n) is 6.00. The quantitative estimate of drug-likeness (QED) is 0.710. The van der Waals surface area contributed by atoms with Gasteiger partial charge in [-0.1, -0.05) is 46.8 Å². The molecule has 0 bridgehead atoms. The van der Waals surface area contributed by atoms with Gasteiger partial charge < -0.3 is 4.90 Å². The molecular weight excluding hydrogens is 338 g/mol. The molecule has 1 amide bonds. The van der Waals surface area contributed by atoms with E-state index in [1.54, 1.807) is 6.07 Å². The van der Waals surface area contributed by atoms with Crippen molar-refractivity contribution in [3.63, 3.8) is 0 Å². The molecule has 1 aromatic rings. The van der Waals surface area contributed by atoms with Crippen molar-refractivity contribution in [1.82, 2.24) is 4.90 Å². The Labute approximate surface area is 133 Å². The fraction of sp³-hybridized carbons (Fsp3) is 0.562. The van der Waals surface area contributed by atoms with Crippen LogP contribution in [-0.2, 0) is 0 Å². The van der Waals surface area contributed by atoms with Gasteiger partial charge in [-0.15, -0.1) is 0 Å². The summed E-state index contributed by atoms with van der Waals surface area (Å²) in [5.41, 5.74) is 0.693. The van der Waals surface area contributed by atoms with Gasteiger partial charge in [0.1, 0.15) is 0 Å². The normalized spacial score (nSPS) is 26.2. The molecule has 2 aliphatic rings. The zero-order chi connectivity index (χ0) is 14.1. The molecule has 4 heteroatoms. The molecule has 3 rings (SSSR count). The van der Waals surface area contributed by atoms with E-state index >= 15 is 0 Å². The zero-order valence-corrected chi connectivity index (χ0v) is 13.8. The van der Waals surface area contributed by atoms with Gasteiger partial charge in [0, 0.05) is 28.1 Å². The number of hydrogen-bond acceptors (Lipinski definition) is 1. The van der Waals surface area contributed by atoms with Gasteiger partial charge in [-0.3, -0.25) is 4.79 Å². The number of halogens is 2. The molecule has 1 aliphatic heterocycles. The minimum Gasteiger partial charge on any atom is -0.338 e. The Morgan fingerprint density at radius 2 is 1.90 bits per heavy atom. The third kappa shape index (κ3) is 3.04. The van der Waals surface area contributed by atoms with Crippen molar-refractivity contribution >= 4 is 33.4 Å². The smallest absolute Gasteiger partial charge is 0.253 e. The van der Waals surface area contributed by atoms with Crippen LogP contribution in [0.1, 0.15) is 42.5 Å². The van der Waals surface area contributed by atoms with E-state index in [9.17, 15) is 4.79 Å². The first-order valence-electron chi connectivity index (χ1n) is 7.39. The first-order chi connectivity index (χ1) is 9.63. The Balaban J connectivity index is 1.74. The van der Waals surface area contributed by atoms with Crippen LogP contribution in [0.3, 0.4) is 0 Å². The fourth-order valence-electron chi connectivity index (χ4n) is 3.65. The molecule has 1 aliphatic carbocycles. The highest BCUT2D eigenvalue weighted by Crippen LogP contribution is 2.36. The zero-order valence-electron chi connectivity index (χ0n) is 11.4. The molecular formula is C16H19BrClNO. The van der Waals surface area contributed by atoms with E-state index in [2.05, 4.69) is 15.9 Å². The van der Waals surface area contributed by atoms with E-state index in [1.807, 2.05) is 17.0 Å². The van der Waals surface area contributed by atoms with Crippen LogP contribution in [0.25, 0.3) is 0 Å². The molecule has 2 atom stereocenters. The van der Waals surface area contributed by atoms with Gasteiger partial charge in [-0.25, -0.2) is 0 Å². The van der Waals surface area contributed by atoms with Gasteiger partial charge in [0.15, 0.2) is 0 Å². The maximum Gasteiger partial charge on any atom is 0.253 e. The summed E-state index contributed by atoms with van der Waals surface area (Å²) in [5.74, 6) is 1.68. The molecule has 2 unspecified atom stereocenters. The highest BCUT2D eigenvalue weighted by molar-refractivity contribution is 9.10. The van der Waals surface area contributed by atoms with E-state index < -0.39 is 0 Å². The Bertz CT molecular complexity index is 499. The monoisotopic (exact) mass is 355 g/mol. The first kappa shape index (κ1) is 14.4. The highest BCUT2D eigenvalue weighted by Gasteiger charge is 2.33. The second-order valence-corrected chi connectivity index (χ2v) is 7.35. The van der Waals surface area contributed by atoms with Gasteiger partial charge in [0.05, 0.1) is 0 Å². The van der Waals surface area contributed by atoms with Crippen molar-refractivity contribution in [2.24, 2.45) is 11.8 Å². The topological polar surface area (TPSA) is 20.3 Å². The Kier molecular flexibility index (Phi) is 4.37. The molecule has 108 valence electrons. The molecule has 1 aromatic carbocycles. The van der Waals surface area contributed by atoms with Crippen molar-refractivity contribution in [3.05, 3.63) is 33.3 Å². The van der Waals surface area contributed by atoms with E-state index in [-0.39, 0.29) is 5.91 Å². The molecule has 0 radical (unpaired) electrons. The average molecular weight is 357 g/mol. The van der Waals surface area contributed by atoms with Crippen molar-refractivity contribution in [2.45, 2.75) is 32.1 Å². The van der Waals surface area contributed by atoms with Crippen LogP contribution in [0, 0.1) is 11.8 Å². The lowest BCUT2D eigenvalue weighted by atomic mass is 9.75. The molecule has 0 spiro atoms. The summed E-state index contributed by atoms with van der Waals surface area (Å²) in [6.07, 6.45) is 6.50. The molecule has 1 saturated carbocycles. The number of likely N-dealkylation sites (tertiary alicyclic amines) is 1. The summed E-state index contributed by atoms with van der Waals surface area (Å²) in [4.78, 5) is 14.6. The lowest BCUT2D eigenvalue weighted by molar-refractivity contribution is 0.0521. The van der Waals surface area contributed by atoms with Gasteiger partial charge in [0.25, 0.3) is 5.91 Å².